The van der Waals surface area contributed by atoms with E-state index in [9.17, 15) is 9.59 Å². The molecule has 0 amide bonds. The van der Waals surface area contributed by atoms with Crippen LogP contribution >= 0.6 is 11.8 Å². The highest BCUT2D eigenvalue weighted by molar-refractivity contribution is 7.99. The first-order valence-electron chi connectivity index (χ1n) is 7.10. The topological polar surface area (TPSA) is 43.4 Å². The molecular formula is C18H22O3S. The average Bonchev–Trinajstić information content (AvgIpc) is 2.46. The van der Waals surface area contributed by atoms with Gasteiger partial charge in [-0.05, 0) is 52.0 Å². The lowest BCUT2D eigenvalue weighted by Gasteiger charge is -2.07. The number of thioether (sulfide) groups is 1. The van der Waals surface area contributed by atoms with Crippen molar-refractivity contribution in [3.63, 3.8) is 0 Å². The van der Waals surface area contributed by atoms with Crippen LogP contribution in [0.4, 0.5) is 0 Å². The molecule has 0 aliphatic heterocycles. The van der Waals surface area contributed by atoms with Crippen LogP contribution in [0.25, 0.3) is 0 Å². The van der Waals surface area contributed by atoms with E-state index < -0.39 is 0 Å². The Kier molecular flexibility index (Phi) is 7.67. The van der Waals surface area contributed by atoms with E-state index in [4.69, 9.17) is 4.74 Å². The molecule has 0 aliphatic carbocycles. The smallest absolute Gasteiger partial charge is 0.338 e. The summed E-state index contributed by atoms with van der Waals surface area (Å²) < 4.78 is 5.19. The van der Waals surface area contributed by atoms with Crippen LogP contribution in [0.1, 0.15) is 48.4 Å². The summed E-state index contributed by atoms with van der Waals surface area (Å²) in [6.45, 7) is 8.21. The predicted molar refractivity (Wildman–Crippen MR) is 91.7 cm³/mol. The Labute approximate surface area is 136 Å². The van der Waals surface area contributed by atoms with E-state index >= 15 is 0 Å². The maximum Gasteiger partial charge on any atom is 0.338 e. The third kappa shape index (κ3) is 6.31. The van der Waals surface area contributed by atoms with E-state index in [1.54, 1.807) is 18.2 Å². The minimum absolute atomic E-state index is 0.261. The lowest BCUT2D eigenvalue weighted by Crippen LogP contribution is -2.06. The van der Waals surface area contributed by atoms with Crippen LogP contribution in [-0.2, 0) is 4.74 Å². The lowest BCUT2D eigenvalue weighted by molar-refractivity contribution is 0.0548. The van der Waals surface area contributed by atoms with Crippen molar-refractivity contribution < 1.29 is 14.3 Å². The van der Waals surface area contributed by atoms with Gasteiger partial charge in [-0.1, -0.05) is 17.2 Å². The summed E-state index contributed by atoms with van der Waals surface area (Å²) in [6.07, 6.45) is 4.74. The quantitative estimate of drug-likeness (QED) is 0.317. The molecular weight excluding hydrogens is 296 g/mol. The Morgan fingerprint density at radius 2 is 1.82 bits per heavy atom. The number of carbonyl (C=O) groups excluding carboxylic acids is 2. The van der Waals surface area contributed by atoms with E-state index in [2.05, 4.69) is 6.08 Å². The monoisotopic (exact) mass is 318 g/mol. The summed E-state index contributed by atoms with van der Waals surface area (Å²) in [6, 6.07) is 5.01. The number of aldehydes is 1. The first kappa shape index (κ1) is 18.2. The fraction of sp³-hybridized carbons (Fsp3) is 0.333. The van der Waals surface area contributed by atoms with Gasteiger partial charge in [-0.2, -0.15) is 0 Å². The molecule has 3 nitrogen and oxygen atoms in total. The van der Waals surface area contributed by atoms with Gasteiger partial charge in [0.1, 0.15) is 6.61 Å². The van der Waals surface area contributed by atoms with Crippen LogP contribution in [0.15, 0.2) is 46.4 Å². The van der Waals surface area contributed by atoms with Crippen molar-refractivity contribution in [2.24, 2.45) is 0 Å². The number of esters is 1. The van der Waals surface area contributed by atoms with Crippen molar-refractivity contribution in [2.75, 3.05) is 12.4 Å². The van der Waals surface area contributed by atoms with Gasteiger partial charge in [0, 0.05) is 16.2 Å². The highest BCUT2D eigenvalue weighted by Gasteiger charge is 2.10. The van der Waals surface area contributed by atoms with Crippen LogP contribution in [0.3, 0.4) is 0 Å². The van der Waals surface area contributed by atoms with Crippen LogP contribution in [0.2, 0.25) is 0 Å². The minimum Gasteiger partial charge on any atom is -0.458 e. The van der Waals surface area contributed by atoms with Crippen LogP contribution in [0, 0.1) is 0 Å². The van der Waals surface area contributed by atoms with Gasteiger partial charge in [-0.3, -0.25) is 4.79 Å². The van der Waals surface area contributed by atoms with E-state index in [0.717, 1.165) is 22.5 Å². The Morgan fingerprint density at radius 1 is 1.14 bits per heavy atom. The van der Waals surface area contributed by atoms with Crippen LogP contribution < -0.4 is 0 Å². The van der Waals surface area contributed by atoms with E-state index in [-0.39, 0.29) is 12.6 Å². The maximum atomic E-state index is 12.0. The molecule has 0 aromatic heterocycles. The fourth-order valence-corrected chi connectivity index (χ4v) is 2.64. The van der Waals surface area contributed by atoms with Gasteiger partial charge in [0.2, 0.25) is 0 Å². The van der Waals surface area contributed by atoms with Gasteiger partial charge in [0.05, 0.1) is 5.56 Å². The molecule has 1 rings (SSSR count). The van der Waals surface area contributed by atoms with Gasteiger partial charge in [-0.25, -0.2) is 4.79 Å². The third-order valence-electron chi connectivity index (χ3n) is 2.81. The second kappa shape index (κ2) is 9.26. The number of hydrogen-bond acceptors (Lipinski definition) is 4. The number of benzene rings is 1. The normalized spacial score (nSPS) is 9.82. The third-order valence-corrected chi connectivity index (χ3v) is 3.81. The molecule has 0 aliphatic rings. The molecule has 1 aromatic carbocycles. The molecule has 0 spiro atoms. The number of allylic oxidation sites excluding steroid dienone is 2. The second-order valence-electron chi connectivity index (χ2n) is 5.34. The highest BCUT2D eigenvalue weighted by atomic mass is 32.2. The fourth-order valence-electron chi connectivity index (χ4n) is 1.55. The van der Waals surface area contributed by atoms with E-state index in [1.807, 2.05) is 33.8 Å². The molecule has 0 saturated heterocycles. The van der Waals surface area contributed by atoms with Crippen molar-refractivity contribution in [1.82, 2.24) is 0 Å². The zero-order chi connectivity index (χ0) is 16.5. The molecule has 0 bridgehead atoms. The molecule has 0 N–H and O–H groups in total. The van der Waals surface area contributed by atoms with E-state index in [0.29, 0.717) is 11.1 Å². The van der Waals surface area contributed by atoms with Gasteiger partial charge in [0.25, 0.3) is 0 Å². The highest BCUT2D eigenvalue weighted by Crippen LogP contribution is 2.24. The molecule has 22 heavy (non-hydrogen) atoms. The van der Waals surface area contributed by atoms with Crippen LogP contribution in [-0.4, -0.2) is 24.6 Å². The Hall–Kier alpha value is -1.81. The molecule has 0 saturated carbocycles. The number of rotatable bonds is 7. The van der Waals surface area contributed by atoms with Gasteiger partial charge in [-0.15, -0.1) is 11.8 Å². The summed E-state index contributed by atoms with van der Waals surface area (Å²) in [5, 5.41) is 0. The summed E-state index contributed by atoms with van der Waals surface area (Å²) in [5.74, 6) is 0.387. The molecule has 1 aromatic rings. The van der Waals surface area contributed by atoms with Crippen molar-refractivity contribution in [3.05, 3.63) is 52.6 Å². The summed E-state index contributed by atoms with van der Waals surface area (Å²) in [7, 11) is 0. The standard InChI is InChI=1S/C18H22O3S/c1-13(2)7-9-21-18(20)15-5-6-16(12-19)17(11-15)22-10-8-14(3)4/h5-8,11-12H,9-10H2,1-4H3. The Morgan fingerprint density at radius 3 is 2.41 bits per heavy atom. The first-order valence-corrected chi connectivity index (χ1v) is 8.08. The first-order chi connectivity index (χ1) is 10.4. The minimum atomic E-state index is -0.376. The van der Waals surface area contributed by atoms with Gasteiger partial charge >= 0.3 is 5.97 Å². The average molecular weight is 318 g/mol. The molecule has 0 fully saturated rings. The van der Waals surface area contributed by atoms with Crippen molar-refractivity contribution in [3.8, 4) is 0 Å². The lowest BCUT2D eigenvalue weighted by atomic mass is 10.1. The number of ether oxygens (including phenoxy) is 1. The van der Waals surface area contributed by atoms with E-state index in [1.165, 1.54) is 17.3 Å². The van der Waals surface area contributed by atoms with Crippen LogP contribution in [0.5, 0.6) is 0 Å². The molecule has 118 valence electrons. The summed E-state index contributed by atoms with van der Waals surface area (Å²) in [5.41, 5.74) is 3.37. The number of carbonyl (C=O) groups is 2. The zero-order valence-corrected chi connectivity index (χ0v) is 14.3. The Balaban J connectivity index is 2.84. The molecule has 0 heterocycles. The molecule has 0 unspecified atom stereocenters. The predicted octanol–water partition coefficient (Wildman–Crippen LogP) is 4.68. The molecule has 0 atom stereocenters. The SMILES string of the molecule is CC(C)=CCOC(=O)c1ccc(C=O)c(SCC=C(C)C)c1. The van der Waals surface area contributed by atoms with Crippen molar-refractivity contribution in [2.45, 2.75) is 32.6 Å². The zero-order valence-electron chi connectivity index (χ0n) is 13.5. The van der Waals surface area contributed by atoms with Crippen molar-refractivity contribution in [1.29, 1.82) is 0 Å². The Bertz CT molecular complexity index is 592. The summed E-state index contributed by atoms with van der Waals surface area (Å²) in [4.78, 5) is 23.9. The van der Waals surface area contributed by atoms with Crippen molar-refractivity contribution >= 4 is 24.0 Å². The number of hydrogen-bond donors (Lipinski definition) is 0. The van der Waals surface area contributed by atoms with Gasteiger partial charge < -0.3 is 4.74 Å². The summed E-state index contributed by atoms with van der Waals surface area (Å²) >= 11 is 1.53. The molecule has 0 radical (unpaired) electrons. The largest absolute Gasteiger partial charge is 0.458 e. The molecule has 4 heteroatoms. The second-order valence-corrected chi connectivity index (χ2v) is 6.40. The maximum absolute atomic E-state index is 12.0. The van der Waals surface area contributed by atoms with Gasteiger partial charge in [0.15, 0.2) is 6.29 Å².